The maximum Gasteiger partial charge on any atom is 0.203 e. The molecule has 0 amide bonds. The third kappa shape index (κ3) is 2.24. The smallest absolute Gasteiger partial charge is 0.203 e. The molecule has 0 aliphatic carbocycles. The summed E-state index contributed by atoms with van der Waals surface area (Å²) in [5.74, 6) is -2.37. The summed E-state index contributed by atoms with van der Waals surface area (Å²) in [4.78, 5) is 0. The first kappa shape index (κ1) is 11.9. The molecule has 0 bridgehead atoms. The van der Waals surface area contributed by atoms with Crippen LogP contribution in [0.4, 0.5) is 8.78 Å². The van der Waals surface area contributed by atoms with Gasteiger partial charge >= 0.3 is 0 Å². The molecule has 0 saturated carbocycles. The molecule has 0 saturated heterocycles. The van der Waals surface area contributed by atoms with Crippen LogP contribution in [0.1, 0.15) is 5.56 Å². The fraction of sp³-hybridized carbons (Fsp3) is 0.0769. The van der Waals surface area contributed by atoms with Gasteiger partial charge in [0.05, 0.1) is 0 Å². The highest BCUT2D eigenvalue weighted by Crippen LogP contribution is 2.30. The van der Waals surface area contributed by atoms with Crippen LogP contribution in [-0.2, 0) is 0 Å². The van der Waals surface area contributed by atoms with Gasteiger partial charge in [-0.25, -0.2) is 4.39 Å². The van der Waals surface area contributed by atoms with E-state index < -0.39 is 11.6 Å². The van der Waals surface area contributed by atoms with E-state index >= 15 is 0 Å². The first-order valence-electron chi connectivity index (χ1n) is 4.97. The molecule has 2 aromatic rings. The van der Waals surface area contributed by atoms with Crippen molar-refractivity contribution in [1.82, 2.24) is 0 Å². The van der Waals surface area contributed by atoms with Crippen LogP contribution in [-0.4, -0.2) is 0 Å². The van der Waals surface area contributed by atoms with Gasteiger partial charge < -0.3 is 4.29 Å². The van der Waals surface area contributed by atoms with E-state index in [0.29, 0.717) is 5.56 Å². The van der Waals surface area contributed by atoms with E-state index in [0.717, 1.165) is 5.56 Å². The molecule has 0 atom stereocenters. The largest absolute Gasteiger partial charge is 0.382 e. The average molecular weight is 255 g/mol. The summed E-state index contributed by atoms with van der Waals surface area (Å²) in [6.07, 6.45) is 0. The van der Waals surface area contributed by atoms with Gasteiger partial charge in [-0.3, -0.25) is 0 Å². The molecule has 0 unspecified atom stereocenters. The molecule has 0 heterocycles. The van der Waals surface area contributed by atoms with Gasteiger partial charge in [-0.15, -0.1) is 0 Å². The van der Waals surface area contributed by atoms with E-state index in [1.165, 1.54) is 12.1 Å². The normalized spacial score (nSPS) is 10.4. The summed E-state index contributed by atoms with van der Waals surface area (Å²) in [6.45, 7) is 1.92. The Morgan fingerprint density at radius 1 is 0.941 bits per heavy atom. The molecule has 88 valence electrons. The van der Waals surface area contributed by atoms with Crippen molar-refractivity contribution in [3.8, 4) is 16.9 Å². The zero-order chi connectivity index (χ0) is 12.4. The van der Waals surface area contributed by atoms with Crippen LogP contribution in [0.25, 0.3) is 11.1 Å². The molecule has 4 heteroatoms. The Kier molecular flexibility index (Phi) is 3.29. The van der Waals surface area contributed by atoms with Crippen molar-refractivity contribution < 1.29 is 13.1 Å². The van der Waals surface area contributed by atoms with Crippen molar-refractivity contribution >= 4 is 11.9 Å². The zero-order valence-corrected chi connectivity index (χ0v) is 9.76. The summed E-state index contributed by atoms with van der Waals surface area (Å²) in [7, 11) is 0. The Labute approximate surface area is 103 Å². The van der Waals surface area contributed by atoms with Gasteiger partial charge in [-0.1, -0.05) is 29.8 Å². The van der Waals surface area contributed by atoms with Crippen LogP contribution in [0.15, 0.2) is 36.4 Å². The molecule has 17 heavy (non-hydrogen) atoms. The summed E-state index contributed by atoms with van der Waals surface area (Å²) in [5, 5.41) is 0. The van der Waals surface area contributed by atoms with E-state index in [9.17, 15) is 8.78 Å². The third-order valence-electron chi connectivity index (χ3n) is 2.49. The summed E-state index contributed by atoms with van der Waals surface area (Å²) < 4.78 is 31.4. The summed E-state index contributed by atoms with van der Waals surface area (Å²) in [6, 6.07) is 9.85. The Balaban J connectivity index is 2.53. The number of benzene rings is 2. The van der Waals surface area contributed by atoms with Crippen molar-refractivity contribution in [1.29, 1.82) is 0 Å². The van der Waals surface area contributed by atoms with E-state index in [2.05, 4.69) is 4.29 Å². The van der Waals surface area contributed by atoms with Crippen LogP contribution < -0.4 is 4.29 Å². The molecular weight excluding hydrogens is 246 g/mol. The number of aryl methyl sites for hydroxylation is 1. The van der Waals surface area contributed by atoms with Crippen molar-refractivity contribution in [2.75, 3.05) is 0 Å². The van der Waals surface area contributed by atoms with Gasteiger partial charge in [0.1, 0.15) is 11.9 Å². The molecule has 0 radical (unpaired) electrons. The van der Waals surface area contributed by atoms with Crippen LogP contribution in [0.2, 0.25) is 0 Å². The quantitative estimate of drug-likeness (QED) is 0.768. The maximum atomic E-state index is 13.7. The highest BCUT2D eigenvalue weighted by molar-refractivity contribution is 6.09. The number of hydrogen-bond donors (Lipinski definition) is 0. The molecule has 0 aliphatic heterocycles. The lowest BCUT2D eigenvalue weighted by atomic mass is 10.0. The molecule has 0 N–H and O–H groups in total. The molecule has 1 nitrogen and oxygen atoms in total. The van der Waals surface area contributed by atoms with Crippen molar-refractivity contribution in [2.24, 2.45) is 0 Å². The highest BCUT2D eigenvalue weighted by Gasteiger charge is 2.15. The number of rotatable bonds is 2. The number of halogens is 3. The molecule has 0 spiro atoms. The van der Waals surface area contributed by atoms with Gasteiger partial charge in [-0.2, -0.15) is 4.39 Å². The summed E-state index contributed by atoms with van der Waals surface area (Å²) in [5.41, 5.74) is 1.84. The second-order valence-corrected chi connectivity index (χ2v) is 3.84. The Morgan fingerprint density at radius 2 is 1.59 bits per heavy atom. The molecule has 0 aliphatic rings. The average Bonchev–Trinajstić information content (AvgIpc) is 2.34. The molecule has 2 rings (SSSR count). The fourth-order valence-electron chi connectivity index (χ4n) is 1.55. The zero-order valence-electron chi connectivity index (χ0n) is 9.01. The molecular formula is C13H9ClF2O. The predicted molar refractivity (Wildman–Crippen MR) is 63.0 cm³/mol. The first-order valence-corrected chi connectivity index (χ1v) is 5.28. The molecule has 2 aromatic carbocycles. The topological polar surface area (TPSA) is 9.23 Å². The minimum Gasteiger partial charge on any atom is -0.382 e. The lowest BCUT2D eigenvalue weighted by Crippen LogP contribution is -1.92. The Bertz CT molecular complexity index is 538. The van der Waals surface area contributed by atoms with Gasteiger partial charge in [0, 0.05) is 5.56 Å². The Hall–Kier alpha value is -1.61. The van der Waals surface area contributed by atoms with E-state index in [-0.39, 0.29) is 11.3 Å². The highest BCUT2D eigenvalue weighted by atomic mass is 35.5. The first-order chi connectivity index (χ1) is 8.13. The second kappa shape index (κ2) is 4.72. The van der Waals surface area contributed by atoms with Gasteiger partial charge in [0.2, 0.25) is 5.82 Å². The van der Waals surface area contributed by atoms with Gasteiger partial charge in [0.25, 0.3) is 0 Å². The Morgan fingerprint density at radius 3 is 2.18 bits per heavy atom. The van der Waals surface area contributed by atoms with Crippen LogP contribution >= 0.6 is 11.9 Å². The minimum atomic E-state index is -1.09. The van der Waals surface area contributed by atoms with Crippen molar-refractivity contribution in [3.05, 3.63) is 53.6 Å². The fourth-order valence-corrected chi connectivity index (χ4v) is 1.67. The lowest BCUT2D eigenvalue weighted by Gasteiger charge is -2.06. The molecule has 0 aromatic heterocycles. The number of hydrogen-bond acceptors (Lipinski definition) is 1. The monoisotopic (exact) mass is 254 g/mol. The van der Waals surface area contributed by atoms with Crippen molar-refractivity contribution in [3.63, 3.8) is 0 Å². The van der Waals surface area contributed by atoms with Crippen LogP contribution in [0.3, 0.4) is 0 Å². The van der Waals surface area contributed by atoms with E-state index in [1.807, 2.05) is 19.1 Å². The maximum absolute atomic E-state index is 13.7. The third-order valence-corrected chi connectivity index (χ3v) is 2.66. The lowest BCUT2D eigenvalue weighted by molar-refractivity contribution is 0.468. The van der Waals surface area contributed by atoms with Gasteiger partial charge in [0.15, 0.2) is 11.6 Å². The van der Waals surface area contributed by atoms with Crippen LogP contribution in [0.5, 0.6) is 5.75 Å². The van der Waals surface area contributed by atoms with Crippen molar-refractivity contribution in [2.45, 2.75) is 6.92 Å². The van der Waals surface area contributed by atoms with E-state index in [1.54, 1.807) is 12.1 Å². The van der Waals surface area contributed by atoms with Gasteiger partial charge in [-0.05, 0) is 24.6 Å². The predicted octanol–water partition coefficient (Wildman–Crippen LogP) is 4.47. The standard InChI is InChI=1S/C13H9ClF2O/c1-8-2-4-9(5-3-8)10-6-7-11(17-14)13(16)12(10)15/h2-7H,1H3. The molecule has 0 fully saturated rings. The van der Waals surface area contributed by atoms with E-state index in [4.69, 9.17) is 11.9 Å². The minimum absolute atomic E-state index is 0.181. The second-order valence-electron chi connectivity index (χ2n) is 3.68. The van der Waals surface area contributed by atoms with Crippen LogP contribution in [0, 0.1) is 18.6 Å². The summed E-state index contributed by atoms with van der Waals surface area (Å²) >= 11 is 5.02. The SMILES string of the molecule is Cc1ccc(-c2ccc(OCl)c(F)c2F)cc1.